The molecule has 0 unspecified atom stereocenters. The summed E-state index contributed by atoms with van der Waals surface area (Å²) in [5, 5.41) is 0. The van der Waals surface area contributed by atoms with Crippen LogP contribution in [0.3, 0.4) is 0 Å². The third-order valence-electron chi connectivity index (χ3n) is 0.468. The zero-order valence-electron chi connectivity index (χ0n) is 4.90. The summed E-state index contributed by atoms with van der Waals surface area (Å²) in [4.78, 5) is 20.0. The summed E-state index contributed by atoms with van der Waals surface area (Å²) in [7, 11) is -4.84. The normalized spacial score (nSPS) is 10.6. The van der Waals surface area contributed by atoms with Gasteiger partial charge in [-0.1, -0.05) is 0 Å². The molecule has 0 radical (unpaired) electrons. The molecule has 10 heavy (non-hydrogen) atoms. The second-order valence-corrected chi connectivity index (χ2v) is 2.38. The first-order chi connectivity index (χ1) is 4.33. The van der Waals surface area contributed by atoms with Gasteiger partial charge in [0.25, 0.3) is 0 Å². The van der Waals surface area contributed by atoms with E-state index in [4.69, 9.17) is 4.55 Å². The fourth-order valence-electron chi connectivity index (χ4n) is 0.154. The summed E-state index contributed by atoms with van der Waals surface area (Å²) in [6.45, 7) is 0.813. The topological polar surface area (TPSA) is 97.7 Å². The van der Waals surface area contributed by atoms with E-state index >= 15 is 0 Å². The van der Waals surface area contributed by atoms with Crippen LogP contribution in [0.25, 0.3) is 0 Å². The number of Topliss-reactive ketones (excluding diaryl/α,β-unsaturated/α-hetero) is 1. The third-order valence-corrected chi connectivity index (χ3v) is 0.830. The van der Waals surface area contributed by atoms with Gasteiger partial charge in [-0.3, -0.25) is 9.35 Å². The Morgan fingerprint density at radius 2 is 1.80 bits per heavy atom. The molecule has 0 aromatic heterocycles. The van der Waals surface area contributed by atoms with Gasteiger partial charge in [0.1, 0.15) is 0 Å². The van der Waals surface area contributed by atoms with E-state index in [2.05, 4.69) is 4.18 Å². The third kappa shape index (κ3) is 3.98. The van der Waals surface area contributed by atoms with Crippen molar-refractivity contribution in [2.75, 3.05) is 0 Å². The van der Waals surface area contributed by atoms with Gasteiger partial charge < -0.3 is 4.18 Å². The first-order valence-electron chi connectivity index (χ1n) is 2.04. The second kappa shape index (κ2) is 2.76. The Kier molecular flexibility index (Phi) is 2.49. The number of hydrogen-bond acceptors (Lipinski definition) is 5. The summed E-state index contributed by atoms with van der Waals surface area (Å²) in [5.41, 5.74) is 0. The van der Waals surface area contributed by atoms with E-state index in [9.17, 15) is 18.0 Å². The number of carbonyl (C=O) groups is 2. The van der Waals surface area contributed by atoms with Crippen LogP contribution in [0.1, 0.15) is 6.92 Å². The van der Waals surface area contributed by atoms with Gasteiger partial charge in [-0.05, 0) is 0 Å². The molecule has 0 spiro atoms. The van der Waals surface area contributed by atoms with Gasteiger partial charge in [-0.2, -0.15) is 8.42 Å². The molecular formula is C3H4O6S. The van der Waals surface area contributed by atoms with E-state index in [-0.39, 0.29) is 0 Å². The summed E-state index contributed by atoms with van der Waals surface area (Å²) in [6.07, 6.45) is 0. The molecule has 58 valence electrons. The van der Waals surface area contributed by atoms with Crippen molar-refractivity contribution in [2.45, 2.75) is 6.92 Å². The van der Waals surface area contributed by atoms with Gasteiger partial charge in [0.2, 0.25) is 5.78 Å². The fraction of sp³-hybridized carbons (Fsp3) is 0.333. The molecule has 7 heteroatoms. The minimum atomic E-state index is -4.84. The molecule has 1 N–H and O–H groups in total. The molecule has 0 atom stereocenters. The van der Waals surface area contributed by atoms with Crippen LogP contribution in [-0.2, 0) is 24.2 Å². The molecule has 0 heterocycles. The summed E-state index contributed by atoms with van der Waals surface area (Å²) < 4.78 is 30.5. The molecule has 0 aromatic carbocycles. The van der Waals surface area contributed by atoms with Crippen molar-refractivity contribution in [1.82, 2.24) is 0 Å². The quantitative estimate of drug-likeness (QED) is 0.416. The molecule has 0 fully saturated rings. The molecule has 0 bridgehead atoms. The van der Waals surface area contributed by atoms with E-state index in [1.54, 1.807) is 0 Å². The van der Waals surface area contributed by atoms with Crippen LogP contribution >= 0.6 is 0 Å². The van der Waals surface area contributed by atoms with Crippen LogP contribution in [0.15, 0.2) is 0 Å². The summed E-state index contributed by atoms with van der Waals surface area (Å²) in [5.74, 6) is -2.71. The minimum absolute atomic E-state index is 0.813. The van der Waals surface area contributed by atoms with Crippen molar-refractivity contribution in [3.63, 3.8) is 0 Å². The molecule has 0 aliphatic rings. The van der Waals surface area contributed by atoms with Crippen LogP contribution < -0.4 is 0 Å². The highest BCUT2D eigenvalue weighted by molar-refractivity contribution is 7.81. The van der Waals surface area contributed by atoms with Gasteiger partial charge >= 0.3 is 16.4 Å². The van der Waals surface area contributed by atoms with Crippen molar-refractivity contribution in [3.8, 4) is 0 Å². The van der Waals surface area contributed by atoms with Crippen molar-refractivity contribution in [3.05, 3.63) is 0 Å². The molecule has 0 rings (SSSR count). The average Bonchev–Trinajstić information content (AvgIpc) is 1.60. The molecule has 0 aliphatic carbocycles. The van der Waals surface area contributed by atoms with Gasteiger partial charge in [-0.25, -0.2) is 4.79 Å². The fourth-order valence-corrected chi connectivity index (χ4v) is 0.463. The molecule has 0 saturated carbocycles. The lowest BCUT2D eigenvalue weighted by molar-refractivity contribution is -0.146. The standard InChI is InChI=1S/C3H4O6S/c1-2(4)3(5)9-10(6,7)8/h1H3,(H,6,7,8). The largest absolute Gasteiger partial charge is 0.449 e. The van der Waals surface area contributed by atoms with Gasteiger partial charge in [0.15, 0.2) is 0 Å². The van der Waals surface area contributed by atoms with E-state index in [1.165, 1.54) is 0 Å². The molecule has 0 amide bonds. The monoisotopic (exact) mass is 168 g/mol. The maximum absolute atomic E-state index is 10.0. The predicted octanol–water partition coefficient (Wildman–Crippen LogP) is -1.08. The Morgan fingerprint density at radius 1 is 1.40 bits per heavy atom. The van der Waals surface area contributed by atoms with E-state index in [0.29, 0.717) is 0 Å². The maximum atomic E-state index is 10.0. The Bertz CT molecular complexity index is 248. The highest BCUT2D eigenvalue weighted by Gasteiger charge is 2.16. The lowest BCUT2D eigenvalue weighted by Crippen LogP contribution is -2.18. The van der Waals surface area contributed by atoms with E-state index in [0.717, 1.165) is 6.92 Å². The number of rotatable bonds is 2. The van der Waals surface area contributed by atoms with Gasteiger partial charge in [0, 0.05) is 6.92 Å². The van der Waals surface area contributed by atoms with Crippen molar-refractivity contribution in [1.29, 1.82) is 0 Å². The zero-order valence-corrected chi connectivity index (χ0v) is 5.71. The van der Waals surface area contributed by atoms with Crippen LogP contribution in [0.4, 0.5) is 0 Å². The van der Waals surface area contributed by atoms with E-state index < -0.39 is 22.2 Å². The summed E-state index contributed by atoms with van der Waals surface area (Å²) in [6, 6.07) is 0. The Morgan fingerprint density at radius 3 is 1.90 bits per heavy atom. The molecular weight excluding hydrogens is 164 g/mol. The Hall–Kier alpha value is -0.950. The molecule has 0 saturated heterocycles. The molecule has 6 nitrogen and oxygen atoms in total. The molecule has 0 aliphatic heterocycles. The summed E-state index contributed by atoms with van der Waals surface area (Å²) >= 11 is 0. The smallest absolute Gasteiger partial charge is 0.317 e. The van der Waals surface area contributed by atoms with Crippen LogP contribution in [0.5, 0.6) is 0 Å². The first kappa shape index (κ1) is 9.05. The van der Waals surface area contributed by atoms with Crippen molar-refractivity contribution < 1.29 is 26.7 Å². The number of ketones is 1. The lowest BCUT2D eigenvalue weighted by atomic mass is 10.5. The van der Waals surface area contributed by atoms with Crippen molar-refractivity contribution in [2.24, 2.45) is 0 Å². The maximum Gasteiger partial charge on any atom is 0.449 e. The molecule has 0 aromatic rings. The highest BCUT2D eigenvalue weighted by atomic mass is 32.3. The van der Waals surface area contributed by atoms with Crippen LogP contribution in [-0.4, -0.2) is 24.7 Å². The number of carbonyl (C=O) groups excluding carboxylic acids is 2. The van der Waals surface area contributed by atoms with Gasteiger partial charge in [-0.15, -0.1) is 0 Å². The van der Waals surface area contributed by atoms with E-state index in [1.807, 2.05) is 0 Å². The average molecular weight is 168 g/mol. The number of hydrogen-bond donors (Lipinski definition) is 1. The highest BCUT2D eigenvalue weighted by Crippen LogP contribution is 1.87. The SMILES string of the molecule is CC(=O)C(=O)OS(=O)(=O)O. The van der Waals surface area contributed by atoms with Gasteiger partial charge in [0.05, 0.1) is 0 Å². The van der Waals surface area contributed by atoms with Crippen molar-refractivity contribution >= 4 is 22.2 Å². The zero-order chi connectivity index (χ0) is 8.36. The second-order valence-electron chi connectivity index (χ2n) is 1.35. The lowest BCUT2D eigenvalue weighted by Gasteiger charge is -1.93. The first-order valence-corrected chi connectivity index (χ1v) is 3.41. The van der Waals surface area contributed by atoms with Crippen LogP contribution in [0.2, 0.25) is 0 Å². The Balaban J connectivity index is 4.21. The Labute approximate surface area is 56.7 Å². The predicted molar refractivity (Wildman–Crippen MR) is 28.3 cm³/mol. The van der Waals surface area contributed by atoms with Crippen LogP contribution in [0, 0.1) is 0 Å². The minimum Gasteiger partial charge on any atom is -0.317 e.